The second-order valence-electron chi connectivity index (χ2n) is 6.45. The molecule has 2 aliphatic rings. The Kier molecular flexibility index (Phi) is 4.94. The van der Waals surface area contributed by atoms with Gasteiger partial charge in [-0.3, -0.25) is 4.90 Å². The highest BCUT2D eigenvalue weighted by atomic mass is 16.5. The summed E-state index contributed by atoms with van der Waals surface area (Å²) in [4.78, 5) is 2.76. The average molecular weight is 288 g/mol. The van der Waals surface area contributed by atoms with Gasteiger partial charge in [0.25, 0.3) is 0 Å². The molecule has 0 aromatic heterocycles. The summed E-state index contributed by atoms with van der Waals surface area (Å²) in [7, 11) is 1.86. The van der Waals surface area contributed by atoms with E-state index in [9.17, 15) is 0 Å². The van der Waals surface area contributed by atoms with E-state index in [-0.39, 0.29) is 0 Å². The van der Waals surface area contributed by atoms with Gasteiger partial charge in [-0.1, -0.05) is 37.3 Å². The number of piperazine rings is 1. The zero-order chi connectivity index (χ0) is 14.7. The van der Waals surface area contributed by atoms with Gasteiger partial charge in [0.1, 0.15) is 0 Å². The topological polar surface area (TPSA) is 24.5 Å². The van der Waals surface area contributed by atoms with Gasteiger partial charge in [0.05, 0.1) is 6.10 Å². The first-order chi connectivity index (χ1) is 10.3. The quantitative estimate of drug-likeness (QED) is 0.922. The molecule has 1 aliphatic carbocycles. The van der Waals surface area contributed by atoms with E-state index in [0.717, 1.165) is 13.1 Å². The summed E-state index contributed by atoms with van der Waals surface area (Å²) in [6.45, 7) is 4.54. The molecule has 1 aromatic rings. The van der Waals surface area contributed by atoms with Crippen molar-refractivity contribution in [2.75, 3.05) is 20.2 Å². The van der Waals surface area contributed by atoms with Gasteiger partial charge in [-0.25, -0.2) is 0 Å². The normalized spacial score (nSPS) is 34.2. The molecule has 1 saturated heterocycles. The van der Waals surface area contributed by atoms with E-state index in [2.05, 4.69) is 47.5 Å². The molecule has 1 N–H and O–H groups in total. The van der Waals surface area contributed by atoms with Crippen LogP contribution < -0.4 is 5.32 Å². The van der Waals surface area contributed by atoms with Gasteiger partial charge in [0.2, 0.25) is 0 Å². The van der Waals surface area contributed by atoms with Crippen LogP contribution in [0.5, 0.6) is 0 Å². The Hall–Kier alpha value is -0.900. The standard InChI is InChI=1S/C18H28N2O/c1-3-15-12-19-18(14-7-5-4-6-8-14)13-20(15)16-9-10-17(11-16)21-2/h4-8,15-19H,3,9-13H2,1-2H3. The first kappa shape index (κ1) is 15.0. The van der Waals surface area contributed by atoms with Crippen LogP contribution in [0.1, 0.15) is 44.2 Å². The van der Waals surface area contributed by atoms with Crippen LogP contribution in [-0.4, -0.2) is 43.3 Å². The predicted octanol–water partition coefficient (Wildman–Crippen LogP) is 2.98. The summed E-state index contributed by atoms with van der Waals surface area (Å²) in [5.74, 6) is 0. The second-order valence-corrected chi connectivity index (χ2v) is 6.45. The second kappa shape index (κ2) is 6.91. The van der Waals surface area contributed by atoms with E-state index in [0.29, 0.717) is 24.2 Å². The molecular weight excluding hydrogens is 260 g/mol. The van der Waals surface area contributed by atoms with E-state index in [1.54, 1.807) is 0 Å². The van der Waals surface area contributed by atoms with Crippen molar-refractivity contribution in [1.29, 1.82) is 0 Å². The fourth-order valence-electron chi connectivity index (χ4n) is 3.99. The van der Waals surface area contributed by atoms with E-state index in [1.165, 1.54) is 31.2 Å². The fraction of sp³-hybridized carbons (Fsp3) is 0.667. The highest BCUT2D eigenvalue weighted by Crippen LogP contribution is 2.31. The largest absolute Gasteiger partial charge is 0.381 e. The van der Waals surface area contributed by atoms with Gasteiger partial charge in [-0.2, -0.15) is 0 Å². The number of hydrogen-bond donors (Lipinski definition) is 1. The van der Waals surface area contributed by atoms with Crippen LogP contribution in [0, 0.1) is 0 Å². The molecular formula is C18H28N2O. The van der Waals surface area contributed by atoms with Crippen molar-refractivity contribution in [2.24, 2.45) is 0 Å². The zero-order valence-electron chi connectivity index (χ0n) is 13.3. The number of hydrogen-bond acceptors (Lipinski definition) is 3. The van der Waals surface area contributed by atoms with E-state index in [4.69, 9.17) is 4.74 Å². The van der Waals surface area contributed by atoms with E-state index >= 15 is 0 Å². The van der Waals surface area contributed by atoms with Crippen molar-refractivity contribution >= 4 is 0 Å². The van der Waals surface area contributed by atoms with Crippen LogP contribution in [0.15, 0.2) is 30.3 Å². The monoisotopic (exact) mass is 288 g/mol. The maximum absolute atomic E-state index is 5.57. The van der Waals surface area contributed by atoms with Crippen molar-refractivity contribution in [3.05, 3.63) is 35.9 Å². The lowest BCUT2D eigenvalue weighted by Gasteiger charge is -2.43. The average Bonchev–Trinajstić information content (AvgIpc) is 3.04. The highest BCUT2D eigenvalue weighted by Gasteiger charge is 2.36. The van der Waals surface area contributed by atoms with Gasteiger partial charge >= 0.3 is 0 Å². The SMILES string of the molecule is CCC1CNC(c2ccccc2)CN1C1CCC(OC)C1. The van der Waals surface area contributed by atoms with Crippen LogP contribution in [-0.2, 0) is 4.74 Å². The molecule has 0 amide bonds. The van der Waals surface area contributed by atoms with E-state index < -0.39 is 0 Å². The lowest BCUT2D eigenvalue weighted by Crippen LogP contribution is -2.55. The molecule has 21 heavy (non-hydrogen) atoms. The van der Waals surface area contributed by atoms with Gasteiger partial charge in [0.15, 0.2) is 0 Å². The Balaban J connectivity index is 1.70. The Labute approximate surface area is 128 Å². The Morgan fingerprint density at radius 1 is 1.24 bits per heavy atom. The maximum Gasteiger partial charge on any atom is 0.0586 e. The van der Waals surface area contributed by atoms with Crippen molar-refractivity contribution in [1.82, 2.24) is 10.2 Å². The van der Waals surface area contributed by atoms with Gasteiger partial charge < -0.3 is 10.1 Å². The number of nitrogens with one attached hydrogen (secondary N) is 1. The molecule has 2 fully saturated rings. The summed E-state index contributed by atoms with van der Waals surface area (Å²) < 4.78 is 5.57. The molecule has 116 valence electrons. The third kappa shape index (κ3) is 3.31. The third-order valence-corrected chi connectivity index (χ3v) is 5.29. The minimum atomic E-state index is 0.468. The number of methoxy groups -OCH3 is 1. The van der Waals surface area contributed by atoms with Crippen LogP contribution in [0.4, 0.5) is 0 Å². The van der Waals surface area contributed by atoms with Crippen molar-refractivity contribution < 1.29 is 4.74 Å². The summed E-state index contributed by atoms with van der Waals surface area (Å²) in [6, 6.07) is 12.7. The minimum Gasteiger partial charge on any atom is -0.381 e. The smallest absolute Gasteiger partial charge is 0.0586 e. The molecule has 3 heteroatoms. The number of ether oxygens (including phenoxy) is 1. The van der Waals surface area contributed by atoms with Crippen molar-refractivity contribution in [3.63, 3.8) is 0 Å². The minimum absolute atomic E-state index is 0.468. The number of rotatable bonds is 4. The molecule has 1 aromatic carbocycles. The summed E-state index contributed by atoms with van der Waals surface area (Å²) in [5, 5.41) is 3.74. The Morgan fingerprint density at radius 2 is 2.05 bits per heavy atom. The number of nitrogens with zero attached hydrogens (tertiary/aromatic N) is 1. The molecule has 1 saturated carbocycles. The predicted molar refractivity (Wildman–Crippen MR) is 86.4 cm³/mol. The van der Waals surface area contributed by atoms with Crippen LogP contribution in [0.2, 0.25) is 0 Å². The third-order valence-electron chi connectivity index (χ3n) is 5.29. The summed E-state index contributed by atoms with van der Waals surface area (Å²) in [5.41, 5.74) is 1.42. The lowest BCUT2D eigenvalue weighted by atomic mass is 9.98. The Morgan fingerprint density at radius 3 is 2.71 bits per heavy atom. The first-order valence-corrected chi connectivity index (χ1v) is 8.38. The molecule has 3 nitrogen and oxygen atoms in total. The number of benzene rings is 1. The molecule has 4 unspecified atom stereocenters. The van der Waals surface area contributed by atoms with Crippen molar-refractivity contribution in [3.8, 4) is 0 Å². The summed E-state index contributed by atoms with van der Waals surface area (Å²) >= 11 is 0. The Bertz CT molecular complexity index is 436. The maximum atomic E-state index is 5.57. The van der Waals surface area contributed by atoms with Crippen LogP contribution in [0.3, 0.4) is 0 Å². The first-order valence-electron chi connectivity index (χ1n) is 8.38. The summed E-state index contributed by atoms with van der Waals surface area (Å²) in [6.07, 6.45) is 5.41. The van der Waals surface area contributed by atoms with Crippen LogP contribution in [0.25, 0.3) is 0 Å². The highest BCUT2D eigenvalue weighted by molar-refractivity contribution is 5.20. The van der Waals surface area contributed by atoms with Gasteiger partial charge in [0, 0.05) is 38.3 Å². The molecule has 3 rings (SSSR count). The van der Waals surface area contributed by atoms with E-state index in [1.807, 2.05) is 7.11 Å². The molecule has 0 bridgehead atoms. The van der Waals surface area contributed by atoms with Crippen LogP contribution >= 0.6 is 0 Å². The molecule has 1 aliphatic heterocycles. The molecule has 1 heterocycles. The molecule has 0 radical (unpaired) electrons. The van der Waals surface area contributed by atoms with Gasteiger partial charge in [-0.05, 0) is 31.2 Å². The lowest BCUT2D eigenvalue weighted by molar-refractivity contribution is 0.0610. The van der Waals surface area contributed by atoms with Crippen molar-refractivity contribution in [2.45, 2.75) is 56.8 Å². The molecule has 4 atom stereocenters. The zero-order valence-corrected chi connectivity index (χ0v) is 13.3. The van der Waals surface area contributed by atoms with Gasteiger partial charge in [-0.15, -0.1) is 0 Å². The molecule has 0 spiro atoms. The fourth-order valence-corrected chi connectivity index (χ4v) is 3.99.